The Kier molecular flexibility index (Phi) is 5.04. The molecule has 2 aromatic heterocycles. The highest BCUT2D eigenvalue weighted by Crippen LogP contribution is 2.22. The van der Waals surface area contributed by atoms with Gasteiger partial charge in [-0.25, -0.2) is 14.8 Å². The first kappa shape index (κ1) is 17.7. The van der Waals surface area contributed by atoms with Gasteiger partial charge in [0.15, 0.2) is 16.7 Å². The highest BCUT2D eigenvalue weighted by atomic mass is 35.5. The summed E-state index contributed by atoms with van der Waals surface area (Å²) in [5, 5.41) is 3.01. The minimum Gasteiger partial charge on any atom is -0.464 e. The van der Waals surface area contributed by atoms with E-state index in [1.54, 1.807) is 24.3 Å². The number of benzene rings is 1. The fourth-order valence-corrected chi connectivity index (χ4v) is 2.49. The third-order valence-electron chi connectivity index (χ3n) is 3.59. The molecule has 134 valence electrons. The van der Waals surface area contributed by atoms with Crippen molar-refractivity contribution in [2.24, 2.45) is 0 Å². The van der Waals surface area contributed by atoms with E-state index < -0.39 is 11.9 Å². The van der Waals surface area contributed by atoms with Crippen molar-refractivity contribution < 1.29 is 18.7 Å². The molecule has 0 spiro atoms. The molecule has 0 saturated heterocycles. The summed E-state index contributed by atoms with van der Waals surface area (Å²) in [5.41, 5.74) is 2.00. The summed E-state index contributed by atoms with van der Waals surface area (Å²) in [4.78, 5) is 34.6. The van der Waals surface area contributed by atoms with Gasteiger partial charge in [-0.2, -0.15) is 0 Å². The largest absolute Gasteiger partial charge is 0.464 e. The van der Waals surface area contributed by atoms with E-state index in [1.807, 2.05) is 6.92 Å². The zero-order chi connectivity index (χ0) is 18.7. The average molecular weight is 375 g/mol. The highest BCUT2D eigenvalue weighted by molar-refractivity contribution is 6.30. The van der Waals surface area contributed by atoms with Crippen LogP contribution in [0.2, 0.25) is 5.15 Å². The fraction of sp³-hybridized carbons (Fsp3) is 0.176. The number of H-pyrrole nitrogens is 1. The van der Waals surface area contributed by atoms with Crippen LogP contribution in [0.3, 0.4) is 0 Å². The number of aromatic amines is 1. The second kappa shape index (κ2) is 7.40. The molecule has 8 nitrogen and oxygen atoms in total. The number of esters is 1. The van der Waals surface area contributed by atoms with Gasteiger partial charge in [-0.1, -0.05) is 18.5 Å². The lowest BCUT2D eigenvalue weighted by Gasteiger charge is -2.03. The summed E-state index contributed by atoms with van der Waals surface area (Å²) in [6, 6.07) is 6.77. The molecule has 26 heavy (non-hydrogen) atoms. The first-order valence-electron chi connectivity index (χ1n) is 7.71. The van der Waals surface area contributed by atoms with E-state index in [9.17, 15) is 9.59 Å². The number of imidazole rings is 1. The summed E-state index contributed by atoms with van der Waals surface area (Å²) in [7, 11) is 1.27. The summed E-state index contributed by atoms with van der Waals surface area (Å²) in [6.07, 6.45) is 1.88. The van der Waals surface area contributed by atoms with Gasteiger partial charge in [0, 0.05) is 11.3 Å². The van der Waals surface area contributed by atoms with Crippen LogP contribution in [0.25, 0.3) is 11.5 Å². The molecule has 1 amide bonds. The van der Waals surface area contributed by atoms with Crippen LogP contribution in [0.1, 0.15) is 33.7 Å². The Morgan fingerprint density at radius 1 is 1.27 bits per heavy atom. The Morgan fingerprint density at radius 2 is 2.00 bits per heavy atom. The van der Waals surface area contributed by atoms with Crippen LogP contribution in [0, 0.1) is 0 Å². The van der Waals surface area contributed by atoms with Gasteiger partial charge in [0.05, 0.1) is 12.8 Å². The minimum absolute atomic E-state index is 0.0845. The molecule has 3 aromatic rings. The van der Waals surface area contributed by atoms with E-state index in [-0.39, 0.29) is 17.4 Å². The summed E-state index contributed by atoms with van der Waals surface area (Å²) in [6.45, 7) is 1.91. The maximum Gasteiger partial charge on any atom is 0.360 e. The number of methoxy groups -OCH3 is 1. The SMILES string of the molecule is CCc1[nH]c(C(=O)Nc2ccc(-c3nc(C(=O)OC)co3)cc2)nc1Cl. The zero-order valence-corrected chi connectivity index (χ0v) is 14.8. The van der Waals surface area contributed by atoms with E-state index in [0.29, 0.717) is 28.5 Å². The molecular weight excluding hydrogens is 360 g/mol. The van der Waals surface area contributed by atoms with Gasteiger partial charge in [0.1, 0.15) is 6.26 Å². The van der Waals surface area contributed by atoms with Crippen LogP contribution in [0.15, 0.2) is 34.9 Å². The Bertz CT molecular complexity index is 946. The van der Waals surface area contributed by atoms with Crippen LogP contribution < -0.4 is 5.32 Å². The Balaban J connectivity index is 1.72. The molecule has 0 fully saturated rings. The van der Waals surface area contributed by atoms with Crippen molar-refractivity contribution >= 4 is 29.2 Å². The van der Waals surface area contributed by atoms with E-state index in [4.69, 9.17) is 16.0 Å². The van der Waals surface area contributed by atoms with E-state index in [1.165, 1.54) is 13.4 Å². The van der Waals surface area contributed by atoms with Crippen molar-refractivity contribution in [3.63, 3.8) is 0 Å². The van der Waals surface area contributed by atoms with E-state index >= 15 is 0 Å². The first-order chi connectivity index (χ1) is 12.5. The highest BCUT2D eigenvalue weighted by Gasteiger charge is 2.15. The summed E-state index contributed by atoms with van der Waals surface area (Å²) < 4.78 is 9.84. The average Bonchev–Trinajstić information content (AvgIpc) is 3.28. The molecule has 0 bridgehead atoms. The van der Waals surface area contributed by atoms with Crippen LogP contribution >= 0.6 is 11.6 Å². The third kappa shape index (κ3) is 3.60. The maximum atomic E-state index is 12.2. The predicted octanol–water partition coefficient (Wildman–Crippen LogP) is 3.32. The number of aromatic nitrogens is 3. The molecule has 0 saturated carbocycles. The van der Waals surface area contributed by atoms with Crippen molar-refractivity contribution in [2.45, 2.75) is 13.3 Å². The monoisotopic (exact) mass is 374 g/mol. The molecule has 2 N–H and O–H groups in total. The van der Waals surface area contributed by atoms with Gasteiger partial charge in [0.25, 0.3) is 5.91 Å². The molecular formula is C17H15ClN4O4. The number of nitrogens with zero attached hydrogens (tertiary/aromatic N) is 2. The van der Waals surface area contributed by atoms with E-state index in [2.05, 4.69) is 25.0 Å². The lowest BCUT2D eigenvalue weighted by atomic mass is 10.2. The molecule has 0 aliphatic heterocycles. The number of halogens is 1. The maximum absolute atomic E-state index is 12.2. The molecule has 0 unspecified atom stereocenters. The molecule has 9 heteroatoms. The molecule has 0 radical (unpaired) electrons. The molecule has 3 rings (SSSR count). The van der Waals surface area contributed by atoms with Crippen molar-refractivity contribution in [3.8, 4) is 11.5 Å². The number of amides is 1. The Labute approximate surface area is 153 Å². The zero-order valence-electron chi connectivity index (χ0n) is 14.0. The van der Waals surface area contributed by atoms with Crippen molar-refractivity contribution in [2.75, 3.05) is 12.4 Å². The first-order valence-corrected chi connectivity index (χ1v) is 8.09. The molecule has 2 heterocycles. The normalized spacial score (nSPS) is 10.6. The van der Waals surface area contributed by atoms with Crippen molar-refractivity contribution in [1.82, 2.24) is 15.0 Å². The quantitative estimate of drug-likeness (QED) is 0.663. The van der Waals surface area contributed by atoms with Crippen molar-refractivity contribution in [3.05, 3.63) is 52.9 Å². The predicted molar refractivity (Wildman–Crippen MR) is 94.2 cm³/mol. The summed E-state index contributed by atoms with van der Waals surface area (Å²) in [5.74, 6) is -0.559. The van der Waals surface area contributed by atoms with Gasteiger partial charge in [-0.3, -0.25) is 4.79 Å². The number of rotatable bonds is 5. The molecule has 0 aliphatic rings. The minimum atomic E-state index is -0.576. The number of aryl methyl sites for hydroxylation is 1. The number of carbonyl (C=O) groups excluding carboxylic acids is 2. The lowest BCUT2D eigenvalue weighted by molar-refractivity contribution is 0.0594. The standard InChI is InChI=1S/C17H15ClN4O4/c1-3-11-13(18)22-14(20-11)15(23)19-10-6-4-9(5-7-10)16-21-12(8-26-16)17(24)25-2/h4-8H,3H2,1-2H3,(H,19,23)(H,20,22). The smallest absolute Gasteiger partial charge is 0.360 e. The Morgan fingerprint density at radius 3 is 2.62 bits per heavy atom. The van der Waals surface area contributed by atoms with Gasteiger partial charge >= 0.3 is 5.97 Å². The number of hydrogen-bond acceptors (Lipinski definition) is 6. The van der Waals surface area contributed by atoms with E-state index in [0.717, 1.165) is 0 Å². The van der Waals surface area contributed by atoms with Gasteiger partial charge in [0.2, 0.25) is 5.89 Å². The van der Waals surface area contributed by atoms with Gasteiger partial charge in [-0.15, -0.1) is 0 Å². The number of hydrogen-bond donors (Lipinski definition) is 2. The molecule has 0 aliphatic carbocycles. The van der Waals surface area contributed by atoms with Crippen molar-refractivity contribution in [1.29, 1.82) is 0 Å². The number of nitrogens with one attached hydrogen (secondary N) is 2. The number of oxazole rings is 1. The number of carbonyl (C=O) groups is 2. The van der Waals surface area contributed by atoms with Crippen LogP contribution in [-0.4, -0.2) is 33.9 Å². The lowest BCUT2D eigenvalue weighted by Crippen LogP contribution is -2.13. The molecule has 1 aromatic carbocycles. The fourth-order valence-electron chi connectivity index (χ4n) is 2.22. The van der Waals surface area contributed by atoms with Gasteiger partial charge < -0.3 is 19.5 Å². The number of ether oxygens (including phenoxy) is 1. The second-order valence-electron chi connectivity index (χ2n) is 5.27. The van der Waals surface area contributed by atoms with Crippen LogP contribution in [-0.2, 0) is 11.2 Å². The summed E-state index contributed by atoms with van der Waals surface area (Å²) >= 11 is 5.94. The van der Waals surface area contributed by atoms with Crippen LogP contribution in [0.5, 0.6) is 0 Å². The molecule has 0 atom stereocenters. The van der Waals surface area contributed by atoms with Gasteiger partial charge in [-0.05, 0) is 30.7 Å². The number of anilines is 1. The Hall–Kier alpha value is -3.13. The topological polar surface area (TPSA) is 110 Å². The second-order valence-corrected chi connectivity index (χ2v) is 5.63. The van der Waals surface area contributed by atoms with Crippen LogP contribution in [0.4, 0.5) is 5.69 Å². The third-order valence-corrected chi connectivity index (χ3v) is 3.90.